The number of aromatic nitrogens is 2. The molecule has 1 saturated heterocycles. The summed E-state index contributed by atoms with van der Waals surface area (Å²) in [5.74, 6) is 0.870. The molecule has 5 heteroatoms. The summed E-state index contributed by atoms with van der Waals surface area (Å²) in [5, 5.41) is 4.48. The second-order valence-electron chi connectivity index (χ2n) is 6.33. The van der Waals surface area contributed by atoms with Crippen LogP contribution in [0.3, 0.4) is 0 Å². The molecule has 25 heavy (non-hydrogen) atoms. The molecule has 1 aliphatic rings. The number of hydrogen-bond acceptors (Lipinski definition) is 5. The summed E-state index contributed by atoms with van der Waals surface area (Å²) in [6, 6.07) is 18.6. The summed E-state index contributed by atoms with van der Waals surface area (Å²) >= 11 is 0. The van der Waals surface area contributed by atoms with Gasteiger partial charge in [-0.05, 0) is 17.7 Å². The molecule has 5 nitrogen and oxygen atoms in total. The van der Waals surface area contributed by atoms with Gasteiger partial charge in [0.25, 0.3) is 0 Å². The van der Waals surface area contributed by atoms with Gasteiger partial charge >= 0.3 is 0 Å². The molecule has 0 radical (unpaired) electrons. The lowest BCUT2D eigenvalue weighted by molar-refractivity contribution is -0.0240. The third kappa shape index (κ3) is 3.95. The fourth-order valence-electron chi connectivity index (χ4n) is 3.25. The SMILES string of the molecule is c1ccc(CN2CCO[C@H](CNc3ncnc4ccccc34)C2)cc1. The Morgan fingerprint density at radius 1 is 1.04 bits per heavy atom. The van der Waals surface area contributed by atoms with Crippen molar-refractivity contribution >= 4 is 16.7 Å². The molecule has 0 aliphatic carbocycles. The van der Waals surface area contributed by atoms with Gasteiger partial charge in [-0.1, -0.05) is 42.5 Å². The lowest BCUT2D eigenvalue weighted by atomic mass is 10.2. The molecule has 1 N–H and O–H groups in total. The molecule has 2 aromatic carbocycles. The average molecular weight is 334 g/mol. The van der Waals surface area contributed by atoms with E-state index in [1.807, 2.05) is 24.3 Å². The second kappa shape index (κ2) is 7.59. The maximum absolute atomic E-state index is 5.93. The van der Waals surface area contributed by atoms with E-state index in [9.17, 15) is 0 Å². The van der Waals surface area contributed by atoms with Gasteiger partial charge in [0.1, 0.15) is 12.1 Å². The fraction of sp³-hybridized carbons (Fsp3) is 0.300. The summed E-state index contributed by atoms with van der Waals surface area (Å²) in [7, 11) is 0. The Balaban J connectivity index is 1.37. The lowest BCUT2D eigenvalue weighted by Gasteiger charge is -2.33. The number of hydrogen-bond donors (Lipinski definition) is 1. The summed E-state index contributed by atoms with van der Waals surface area (Å²) in [6.07, 6.45) is 1.76. The van der Waals surface area contributed by atoms with E-state index in [0.717, 1.165) is 49.5 Å². The normalized spacial score (nSPS) is 18.3. The van der Waals surface area contributed by atoms with Gasteiger partial charge in [-0.3, -0.25) is 4.90 Å². The van der Waals surface area contributed by atoms with Gasteiger partial charge in [-0.25, -0.2) is 9.97 Å². The highest BCUT2D eigenvalue weighted by Gasteiger charge is 2.20. The van der Waals surface area contributed by atoms with Gasteiger partial charge in [0, 0.05) is 31.6 Å². The fourth-order valence-corrected chi connectivity index (χ4v) is 3.25. The third-order valence-electron chi connectivity index (χ3n) is 4.51. The molecule has 0 bridgehead atoms. The van der Waals surface area contributed by atoms with E-state index in [-0.39, 0.29) is 6.10 Å². The van der Waals surface area contributed by atoms with E-state index < -0.39 is 0 Å². The van der Waals surface area contributed by atoms with E-state index >= 15 is 0 Å². The van der Waals surface area contributed by atoms with Crippen molar-refractivity contribution in [2.24, 2.45) is 0 Å². The molecule has 128 valence electrons. The van der Waals surface area contributed by atoms with E-state index in [1.165, 1.54) is 5.56 Å². The summed E-state index contributed by atoms with van der Waals surface area (Å²) < 4.78 is 5.93. The minimum atomic E-state index is 0.159. The monoisotopic (exact) mass is 334 g/mol. The van der Waals surface area contributed by atoms with Crippen LogP contribution < -0.4 is 5.32 Å². The maximum atomic E-state index is 5.93. The number of para-hydroxylation sites is 1. The van der Waals surface area contributed by atoms with Gasteiger partial charge in [0.15, 0.2) is 0 Å². The molecular weight excluding hydrogens is 312 g/mol. The first-order valence-electron chi connectivity index (χ1n) is 8.70. The van der Waals surface area contributed by atoms with E-state index in [0.29, 0.717) is 0 Å². The van der Waals surface area contributed by atoms with Crippen molar-refractivity contribution in [1.29, 1.82) is 0 Å². The predicted molar refractivity (Wildman–Crippen MR) is 99.5 cm³/mol. The van der Waals surface area contributed by atoms with Crippen LogP contribution in [0.15, 0.2) is 60.9 Å². The standard InChI is InChI=1S/C20H22N4O/c1-2-6-16(7-3-1)13-24-10-11-25-17(14-24)12-21-20-18-8-4-5-9-19(18)22-15-23-20/h1-9,15,17H,10-14H2,(H,21,22,23)/t17-/m1/s1. The number of nitrogens with zero attached hydrogens (tertiary/aromatic N) is 3. The Bertz CT molecular complexity index is 819. The van der Waals surface area contributed by atoms with E-state index in [1.54, 1.807) is 6.33 Å². The molecule has 1 atom stereocenters. The van der Waals surface area contributed by atoms with Crippen molar-refractivity contribution in [2.75, 3.05) is 31.6 Å². The van der Waals surface area contributed by atoms with Gasteiger partial charge in [-0.15, -0.1) is 0 Å². The molecule has 2 heterocycles. The van der Waals surface area contributed by atoms with Crippen LogP contribution in [0.5, 0.6) is 0 Å². The highest BCUT2D eigenvalue weighted by Crippen LogP contribution is 2.19. The topological polar surface area (TPSA) is 50.3 Å². The highest BCUT2D eigenvalue weighted by atomic mass is 16.5. The quantitative estimate of drug-likeness (QED) is 0.777. The van der Waals surface area contributed by atoms with Crippen LogP contribution in [0.25, 0.3) is 10.9 Å². The van der Waals surface area contributed by atoms with Crippen LogP contribution in [-0.2, 0) is 11.3 Å². The Labute approximate surface area is 147 Å². The Kier molecular flexibility index (Phi) is 4.86. The molecule has 4 rings (SSSR count). The smallest absolute Gasteiger partial charge is 0.137 e. The van der Waals surface area contributed by atoms with Crippen LogP contribution >= 0.6 is 0 Å². The third-order valence-corrected chi connectivity index (χ3v) is 4.51. The minimum absolute atomic E-state index is 0.159. The van der Waals surface area contributed by atoms with Crippen LogP contribution in [-0.4, -0.2) is 47.2 Å². The zero-order chi connectivity index (χ0) is 16.9. The van der Waals surface area contributed by atoms with Crippen LogP contribution in [0.2, 0.25) is 0 Å². The predicted octanol–water partition coefficient (Wildman–Crippen LogP) is 2.94. The molecule has 0 spiro atoms. The zero-order valence-electron chi connectivity index (χ0n) is 14.1. The molecule has 0 saturated carbocycles. The summed E-state index contributed by atoms with van der Waals surface area (Å²) in [4.78, 5) is 11.1. The van der Waals surface area contributed by atoms with Gasteiger partial charge in [0.05, 0.1) is 18.2 Å². The van der Waals surface area contributed by atoms with Gasteiger partial charge in [0.2, 0.25) is 0 Å². The van der Waals surface area contributed by atoms with Crippen molar-refractivity contribution in [3.63, 3.8) is 0 Å². The Hall–Kier alpha value is -2.50. The minimum Gasteiger partial charge on any atom is -0.374 e. The number of morpholine rings is 1. The first kappa shape index (κ1) is 16.0. The van der Waals surface area contributed by atoms with Crippen molar-refractivity contribution in [3.05, 3.63) is 66.5 Å². The number of ether oxygens (including phenoxy) is 1. The van der Waals surface area contributed by atoms with E-state index in [2.05, 4.69) is 50.5 Å². The molecule has 1 aromatic heterocycles. The number of rotatable bonds is 5. The first-order chi connectivity index (χ1) is 12.4. The molecular formula is C20H22N4O. The maximum Gasteiger partial charge on any atom is 0.137 e. The first-order valence-corrected chi connectivity index (χ1v) is 8.70. The highest BCUT2D eigenvalue weighted by molar-refractivity contribution is 5.88. The van der Waals surface area contributed by atoms with Crippen molar-refractivity contribution in [2.45, 2.75) is 12.6 Å². The van der Waals surface area contributed by atoms with Crippen LogP contribution in [0.1, 0.15) is 5.56 Å². The van der Waals surface area contributed by atoms with E-state index in [4.69, 9.17) is 4.74 Å². The zero-order valence-corrected chi connectivity index (χ0v) is 14.1. The van der Waals surface area contributed by atoms with Crippen LogP contribution in [0, 0.1) is 0 Å². The number of fused-ring (bicyclic) bond motifs is 1. The van der Waals surface area contributed by atoms with Crippen molar-refractivity contribution in [3.8, 4) is 0 Å². The Morgan fingerprint density at radius 3 is 2.80 bits per heavy atom. The van der Waals surface area contributed by atoms with Gasteiger partial charge in [-0.2, -0.15) is 0 Å². The lowest BCUT2D eigenvalue weighted by Crippen LogP contribution is -2.44. The molecule has 0 unspecified atom stereocenters. The number of anilines is 1. The average Bonchev–Trinajstić information content (AvgIpc) is 2.67. The summed E-state index contributed by atoms with van der Waals surface area (Å²) in [6.45, 7) is 4.37. The molecule has 1 aliphatic heterocycles. The van der Waals surface area contributed by atoms with Crippen LogP contribution in [0.4, 0.5) is 5.82 Å². The molecule has 3 aromatic rings. The summed E-state index contributed by atoms with van der Waals surface area (Å²) in [5.41, 5.74) is 2.30. The van der Waals surface area contributed by atoms with Crippen molar-refractivity contribution < 1.29 is 4.74 Å². The van der Waals surface area contributed by atoms with Gasteiger partial charge < -0.3 is 10.1 Å². The second-order valence-corrected chi connectivity index (χ2v) is 6.33. The van der Waals surface area contributed by atoms with Crippen molar-refractivity contribution in [1.82, 2.24) is 14.9 Å². The number of benzene rings is 2. The number of nitrogens with one attached hydrogen (secondary N) is 1. The molecule has 0 amide bonds. The Morgan fingerprint density at radius 2 is 1.88 bits per heavy atom. The largest absolute Gasteiger partial charge is 0.374 e. The molecule has 1 fully saturated rings.